The van der Waals surface area contributed by atoms with Crippen LogP contribution in [0.15, 0.2) is 71.6 Å². The number of sulfonamides is 1. The van der Waals surface area contributed by atoms with Crippen LogP contribution in [0.5, 0.6) is 0 Å². The molecule has 1 atom stereocenters. The van der Waals surface area contributed by atoms with Crippen LogP contribution >= 0.6 is 34.8 Å². The second kappa shape index (κ2) is 13.5. The first-order valence-corrected chi connectivity index (χ1v) is 15.6. The largest absolute Gasteiger partial charge is 0.350 e. The molecule has 0 bridgehead atoms. The van der Waals surface area contributed by atoms with E-state index in [1.54, 1.807) is 68.4 Å². The highest BCUT2D eigenvalue weighted by Gasteiger charge is 2.35. The fourth-order valence-corrected chi connectivity index (χ4v) is 6.60. The minimum atomic E-state index is -4.20. The van der Waals surface area contributed by atoms with Gasteiger partial charge in [-0.15, -0.1) is 0 Å². The van der Waals surface area contributed by atoms with Gasteiger partial charge in [-0.2, -0.15) is 0 Å². The van der Waals surface area contributed by atoms with Crippen LogP contribution < -0.4 is 9.62 Å². The van der Waals surface area contributed by atoms with Crippen molar-refractivity contribution >= 4 is 62.3 Å². The summed E-state index contributed by atoms with van der Waals surface area (Å²) in [6.07, 6.45) is 0.265. The van der Waals surface area contributed by atoms with Crippen LogP contribution in [0.1, 0.15) is 45.2 Å². The third-order valence-electron chi connectivity index (χ3n) is 6.31. The van der Waals surface area contributed by atoms with Gasteiger partial charge in [-0.05, 0) is 82.1 Å². The average Bonchev–Trinajstić information content (AvgIpc) is 2.88. The van der Waals surface area contributed by atoms with Crippen molar-refractivity contribution in [3.63, 3.8) is 0 Å². The Bertz CT molecular complexity index is 1490. The molecular formula is C30H34Cl3N3O4S. The van der Waals surface area contributed by atoms with Gasteiger partial charge in [-0.1, -0.05) is 66.0 Å². The molecule has 3 rings (SSSR count). The van der Waals surface area contributed by atoms with Crippen LogP contribution in [0.25, 0.3) is 0 Å². The van der Waals surface area contributed by atoms with Crippen molar-refractivity contribution < 1.29 is 18.0 Å². The molecule has 0 saturated heterocycles. The van der Waals surface area contributed by atoms with Crippen LogP contribution in [0.2, 0.25) is 15.1 Å². The Morgan fingerprint density at radius 2 is 1.54 bits per heavy atom. The van der Waals surface area contributed by atoms with E-state index in [2.05, 4.69) is 5.32 Å². The van der Waals surface area contributed by atoms with Gasteiger partial charge in [0.1, 0.15) is 12.6 Å². The number of carbonyl (C=O) groups excluding carboxylic acids is 2. The fraction of sp³-hybridized carbons (Fsp3) is 0.333. The standard InChI is InChI=1S/C30H34Cl3N3O4S/c1-6-26(29(38)34-30(3,4)5)35(18-23-24(32)13-10-14-25(23)33)28(37)19-36(27-16-15-21(31)17-20(27)2)41(39,40)22-11-8-7-9-12-22/h7-17,26H,6,18-19H2,1-5H3,(H,34,38)/t26-/m0/s1. The summed E-state index contributed by atoms with van der Waals surface area (Å²) in [5.74, 6) is -0.984. The van der Waals surface area contributed by atoms with Crippen molar-refractivity contribution in [1.29, 1.82) is 0 Å². The molecule has 220 valence electrons. The lowest BCUT2D eigenvalue weighted by molar-refractivity contribution is -0.141. The minimum Gasteiger partial charge on any atom is -0.350 e. The van der Waals surface area contributed by atoms with Crippen LogP contribution in [-0.2, 0) is 26.2 Å². The number of halogens is 3. The molecule has 0 aliphatic carbocycles. The Kier molecular flexibility index (Phi) is 10.7. The molecule has 0 aromatic heterocycles. The van der Waals surface area contributed by atoms with Crippen LogP contribution in [0.4, 0.5) is 5.69 Å². The van der Waals surface area contributed by atoms with Crippen LogP contribution in [-0.4, -0.2) is 43.3 Å². The molecule has 0 saturated carbocycles. The summed E-state index contributed by atoms with van der Waals surface area (Å²) in [5.41, 5.74) is 0.730. The average molecular weight is 639 g/mol. The molecule has 2 amide bonds. The van der Waals surface area contributed by atoms with Crippen LogP contribution in [0.3, 0.4) is 0 Å². The number of aryl methyl sites for hydroxylation is 1. The summed E-state index contributed by atoms with van der Waals surface area (Å²) in [7, 11) is -4.20. The monoisotopic (exact) mass is 637 g/mol. The summed E-state index contributed by atoms with van der Waals surface area (Å²) in [6.45, 7) is 8.33. The maximum Gasteiger partial charge on any atom is 0.264 e. The fourth-order valence-electron chi connectivity index (χ4n) is 4.36. The zero-order valence-electron chi connectivity index (χ0n) is 23.6. The Hall–Kier alpha value is -2.78. The SMILES string of the molecule is CC[C@@H](C(=O)NC(C)(C)C)N(Cc1c(Cl)cccc1Cl)C(=O)CN(c1ccc(Cl)cc1C)S(=O)(=O)c1ccccc1. The van der Waals surface area contributed by atoms with E-state index >= 15 is 0 Å². The normalized spacial score (nSPS) is 12.5. The number of amides is 2. The van der Waals surface area contributed by atoms with Crippen molar-refractivity contribution in [2.45, 2.75) is 64.1 Å². The highest BCUT2D eigenvalue weighted by Crippen LogP contribution is 2.31. The molecule has 0 radical (unpaired) electrons. The number of benzene rings is 3. The number of nitrogens with one attached hydrogen (secondary N) is 1. The minimum absolute atomic E-state index is 0.0142. The van der Waals surface area contributed by atoms with E-state index in [9.17, 15) is 18.0 Å². The van der Waals surface area contributed by atoms with Gasteiger partial charge in [-0.3, -0.25) is 13.9 Å². The summed E-state index contributed by atoms with van der Waals surface area (Å²) in [6, 6.07) is 16.6. The lowest BCUT2D eigenvalue weighted by Gasteiger charge is -2.35. The van der Waals surface area contributed by atoms with E-state index in [1.807, 2.05) is 20.8 Å². The zero-order chi connectivity index (χ0) is 30.5. The van der Waals surface area contributed by atoms with E-state index in [0.29, 0.717) is 26.2 Å². The van der Waals surface area contributed by atoms with Crippen molar-refractivity contribution in [1.82, 2.24) is 10.2 Å². The first-order chi connectivity index (χ1) is 19.2. The summed E-state index contributed by atoms with van der Waals surface area (Å²) in [4.78, 5) is 29.0. The maximum atomic E-state index is 14.2. The quantitative estimate of drug-likeness (QED) is 0.263. The molecule has 7 nitrogen and oxygen atoms in total. The maximum absolute atomic E-state index is 14.2. The lowest BCUT2D eigenvalue weighted by Crippen LogP contribution is -2.55. The van der Waals surface area contributed by atoms with E-state index in [-0.39, 0.29) is 29.5 Å². The molecule has 3 aromatic rings. The van der Waals surface area contributed by atoms with Gasteiger partial charge in [0.25, 0.3) is 10.0 Å². The van der Waals surface area contributed by atoms with Crippen molar-refractivity contribution in [3.8, 4) is 0 Å². The lowest BCUT2D eigenvalue weighted by atomic mass is 10.1. The predicted molar refractivity (Wildman–Crippen MR) is 166 cm³/mol. The third kappa shape index (κ3) is 8.16. The highest BCUT2D eigenvalue weighted by atomic mass is 35.5. The van der Waals surface area contributed by atoms with E-state index in [4.69, 9.17) is 34.8 Å². The molecule has 0 unspecified atom stereocenters. The third-order valence-corrected chi connectivity index (χ3v) is 9.03. The Labute approximate surface area is 257 Å². The first kappa shape index (κ1) is 32.7. The van der Waals surface area contributed by atoms with Gasteiger partial charge in [0.2, 0.25) is 11.8 Å². The van der Waals surface area contributed by atoms with Crippen LogP contribution in [0, 0.1) is 6.92 Å². The van der Waals surface area contributed by atoms with Crippen molar-refractivity contribution in [3.05, 3.63) is 92.9 Å². The molecule has 1 N–H and O–H groups in total. The van der Waals surface area contributed by atoms with Gasteiger partial charge >= 0.3 is 0 Å². The number of hydrogen-bond acceptors (Lipinski definition) is 4. The Morgan fingerprint density at radius 1 is 0.927 bits per heavy atom. The van der Waals surface area contributed by atoms with E-state index in [1.165, 1.54) is 17.0 Å². The van der Waals surface area contributed by atoms with E-state index < -0.39 is 34.1 Å². The second-order valence-electron chi connectivity index (χ2n) is 10.6. The number of nitrogens with zero attached hydrogens (tertiary/aromatic N) is 2. The van der Waals surface area contributed by atoms with Crippen molar-refractivity contribution in [2.24, 2.45) is 0 Å². The zero-order valence-corrected chi connectivity index (χ0v) is 26.7. The topological polar surface area (TPSA) is 86.8 Å². The molecule has 3 aromatic carbocycles. The molecule has 0 aliphatic heterocycles. The Balaban J connectivity index is 2.14. The smallest absolute Gasteiger partial charge is 0.264 e. The second-order valence-corrected chi connectivity index (χ2v) is 13.8. The van der Waals surface area contributed by atoms with E-state index in [0.717, 1.165) is 4.31 Å². The highest BCUT2D eigenvalue weighted by molar-refractivity contribution is 7.92. The van der Waals surface area contributed by atoms with Gasteiger partial charge in [0, 0.05) is 32.7 Å². The predicted octanol–water partition coefficient (Wildman–Crippen LogP) is 6.87. The molecular weight excluding hydrogens is 605 g/mol. The molecule has 0 aliphatic rings. The van der Waals surface area contributed by atoms with Gasteiger partial charge in [0.05, 0.1) is 10.6 Å². The molecule has 41 heavy (non-hydrogen) atoms. The number of anilines is 1. The summed E-state index contributed by atoms with van der Waals surface area (Å²) in [5, 5.41) is 4.00. The number of carbonyl (C=O) groups is 2. The molecule has 0 heterocycles. The molecule has 11 heteroatoms. The van der Waals surface area contributed by atoms with Gasteiger partial charge in [0.15, 0.2) is 0 Å². The number of rotatable bonds is 10. The Morgan fingerprint density at radius 3 is 2.07 bits per heavy atom. The molecule has 0 fully saturated rings. The summed E-state index contributed by atoms with van der Waals surface area (Å²) >= 11 is 19.1. The van der Waals surface area contributed by atoms with Crippen molar-refractivity contribution in [2.75, 3.05) is 10.8 Å². The number of hydrogen-bond donors (Lipinski definition) is 1. The van der Waals surface area contributed by atoms with Gasteiger partial charge < -0.3 is 10.2 Å². The molecule has 0 spiro atoms. The summed E-state index contributed by atoms with van der Waals surface area (Å²) < 4.78 is 29.0. The van der Waals surface area contributed by atoms with Gasteiger partial charge in [-0.25, -0.2) is 8.42 Å². The first-order valence-electron chi connectivity index (χ1n) is 13.0.